The van der Waals surface area contributed by atoms with Crippen LogP contribution in [0.2, 0.25) is 10.0 Å². The number of carbonyl (C=O) groups is 1. The summed E-state index contributed by atoms with van der Waals surface area (Å²) in [4.78, 5) is 18.3. The Labute approximate surface area is 204 Å². The van der Waals surface area contributed by atoms with Gasteiger partial charge in [-0.3, -0.25) is 4.79 Å². The van der Waals surface area contributed by atoms with Crippen molar-refractivity contribution in [2.24, 2.45) is 4.99 Å². The van der Waals surface area contributed by atoms with Gasteiger partial charge in [0.05, 0.1) is 13.1 Å². The molecule has 0 aliphatic carbocycles. The fraction of sp³-hybridized carbons (Fsp3) is 0.333. The zero-order valence-electron chi connectivity index (χ0n) is 16.8. The summed E-state index contributed by atoms with van der Waals surface area (Å²) in [5.74, 6) is 0.780. The monoisotopic (exact) mass is 561 g/mol. The molecule has 1 fully saturated rings. The molecule has 1 aliphatic rings. The third-order valence-corrected chi connectivity index (χ3v) is 5.15. The molecule has 1 aliphatic heterocycles. The van der Waals surface area contributed by atoms with Gasteiger partial charge in [-0.05, 0) is 42.3 Å². The van der Waals surface area contributed by atoms with Gasteiger partial charge in [-0.2, -0.15) is 0 Å². The second-order valence-electron chi connectivity index (χ2n) is 6.72. The van der Waals surface area contributed by atoms with E-state index in [1.165, 1.54) is 0 Å². The highest BCUT2D eigenvalue weighted by Gasteiger charge is 2.16. The number of nitrogens with one attached hydrogen (secondary N) is 3. The van der Waals surface area contributed by atoms with Crippen molar-refractivity contribution in [1.29, 1.82) is 0 Å². The number of benzene rings is 2. The molecule has 2 aromatic rings. The number of piperazine rings is 1. The summed E-state index contributed by atoms with van der Waals surface area (Å²) in [5.41, 5.74) is 3.10. The minimum atomic E-state index is 0. The van der Waals surface area contributed by atoms with E-state index in [4.69, 9.17) is 23.2 Å². The van der Waals surface area contributed by atoms with Crippen LogP contribution < -0.4 is 20.9 Å². The Balaban J connectivity index is 0.00000320. The first-order chi connectivity index (χ1) is 14.0. The highest BCUT2D eigenvalue weighted by Crippen LogP contribution is 2.20. The molecule has 6 nitrogen and oxygen atoms in total. The molecule has 0 bridgehead atoms. The lowest BCUT2D eigenvalue weighted by molar-refractivity contribution is -0.120. The van der Waals surface area contributed by atoms with Crippen molar-refractivity contribution in [3.8, 4) is 0 Å². The Bertz CT molecular complexity index is 876. The normalized spacial score (nSPS) is 14.0. The summed E-state index contributed by atoms with van der Waals surface area (Å²) >= 11 is 12.2. The summed E-state index contributed by atoms with van der Waals surface area (Å²) in [7, 11) is 0. The first kappa shape index (κ1) is 24.6. The average molecular weight is 562 g/mol. The maximum absolute atomic E-state index is 11.6. The number of aliphatic imine (C=N–C) groups is 1. The second kappa shape index (κ2) is 12.2. The van der Waals surface area contributed by atoms with Crippen LogP contribution in [-0.2, 0) is 17.9 Å². The SMILES string of the molecule is CCNC(=NCc1ccc(N2CCNC(=O)C2)cc1)NCc1ccc(Cl)cc1Cl.I. The summed E-state index contributed by atoms with van der Waals surface area (Å²) in [6, 6.07) is 13.6. The van der Waals surface area contributed by atoms with Crippen molar-refractivity contribution in [1.82, 2.24) is 16.0 Å². The molecule has 0 atom stereocenters. The minimum absolute atomic E-state index is 0. The van der Waals surface area contributed by atoms with Crippen molar-refractivity contribution in [3.63, 3.8) is 0 Å². The first-order valence-electron chi connectivity index (χ1n) is 9.62. The van der Waals surface area contributed by atoms with Gasteiger partial charge in [-0.25, -0.2) is 4.99 Å². The molecule has 3 rings (SSSR count). The van der Waals surface area contributed by atoms with Crippen LogP contribution in [0.15, 0.2) is 47.5 Å². The number of amides is 1. The third-order valence-electron chi connectivity index (χ3n) is 4.57. The number of rotatable bonds is 6. The maximum atomic E-state index is 11.6. The summed E-state index contributed by atoms with van der Waals surface area (Å²) in [5, 5.41) is 10.6. The molecule has 0 aromatic heterocycles. The number of halogens is 3. The number of nitrogens with zero attached hydrogens (tertiary/aromatic N) is 2. The molecular weight excluding hydrogens is 536 g/mol. The van der Waals surface area contributed by atoms with Crippen LogP contribution in [0.1, 0.15) is 18.1 Å². The number of carbonyl (C=O) groups excluding carboxylic acids is 1. The fourth-order valence-electron chi connectivity index (χ4n) is 3.03. The largest absolute Gasteiger partial charge is 0.360 e. The van der Waals surface area contributed by atoms with Crippen molar-refractivity contribution < 1.29 is 4.79 Å². The number of anilines is 1. The van der Waals surface area contributed by atoms with Crippen LogP contribution in [0.25, 0.3) is 0 Å². The molecule has 1 heterocycles. The van der Waals surface area contributed by atoms with Gasteiger partial charge in [0.15, 0.2) is 5.96 Å². The van der Waals surface area contributed by atoms with Gasteiger partial charge in [-0.1, -0.05) is 41.4 Å². The molecule has 0 saturated carbocycles. The average Bonchev–Trinajstić information content (AvgIpc) is 2.71. The Morgan fingerprint density at radius 1 is 1.17 bits per heavy atom. The van der Waals surface area contributed by atoms with E-state index in [9.17, 15) is 4.79 Å². The van der Waals surface area contributed by atoms with Gasteiger partial charge in [0.25, 0.3) is 0 Å². The van der Waals surface area contributed by atoms with Gasteiger partial charge in [0, 0.05) is 41.9 Å². The standard InChI is InChI=1S/C21H25Cl2N5O.HI/c1-2-24-21(27-13-16-5-6-17(22)11-19(16)23)26-12-15-3-7-18(8-4-15)28-10-9-25-20(29)14-28;/h3-8,11H,2,9-10,12-14H2,1H3,(H,25,29)(H2,24,26,27);1H. The first-order valence-corrected chi connectivity index (χ1v) is 10.4. The predicted molar refractivity (Wildman–Crippen MR) is 135 cm³/mol. The van der Waals surface area contributed by atoms with E-state index >= 15 is 0 Å². The van der Waals surface area contributed by atoms with E-state index in [2.05, 4.69) is 25.8 Å². The van der Waals surface area contributed by atoms with Gasteiger partial charge in [0.2, 0.25) is 5.91 Å². The number of hydrogen-bond acceptors (Lipinski definition) is 3. The molecule has 0 unspecified atom stereocenters. The van der Waals surface area contributed by atoms with Crippen molar-refractivity contribution in [2.75, 3.05) is 31.1 Å². The van der Waals surface area contributed by atoms with Crippen molar-refractivity contribution in [3.05, 3.63) is 63.6 Å². The summed E-state index contributed by atoms with van der Waals surface area (Å²) in [6.07, 6.45) is 0. The summed E-state index contributed by atoms with van der Waals surface area (Å²) in [6.45, 7) is 5.79. The molecule has 162 valence electrons. The van der Waals surface area contributed by atoms with Gasteiger partial charge in [-0.15, -0.1) is 24.0 Å². The molecule has 1 saturated heterocycles. The van der Waals surface area contributed by atoms with E-state index in [-0.39, 0.29) is 29.9 Å². The van der Waals surface area contributed by atoms with Crippen LogP contribution in [0.4, 0.5) is 5.69 Å². The highest BCUT2D eigenvalue weighted by atomic mass is 127. The minimum Gasteiger partial charge on any atom is -0.360 e. The molecule has 3 N–H and O–H groups in total. The Hall–Kier alpha value is -1.71. The predicted octanol–water partition coefficient (Wildman–Crippen LogP) is 3.80. The lowest BCUT2D eigenvalue weighted by atomic mass is 10.2. The van der Waals surface area contributed by atoms with Crippen LogP contribution in [0.3, 0.4) is 0 Å². The Morgan fingerprint density at radius 3 is 2.60 bits per heavy atom. The molecule has 0 radical (unpaired) electrons. The van der Waals surface area contributed by atoms with Crippen molar-refractivity contribution >= 4 is 64.7 Å². The lowest BCUT2D eigenvalue weighted by Crippen LogP contribution is -2.47. The van der Waals surface area contributed by atoms with Crippen LogP contribution in [0.5, 0.6) is 0 Å². The van der Waals surface area contributed by atoms with E-state index in [1.807, 2.05) is 43.3 Å². The van der Waals surface area contributed by atoms with E-state index in [0.717, 1.165) is 35.9 Å². The van der Waals surface area contributed by atoms with E-state index in [1.54, 1.807) is 6.07 Å². The fourth-order valence-corrected chi connectivity index (χ4v) is 3.50. The number of guanidine groups is 1. The zero-order chi connectivity index (χ0) is 20.6. The molecule has 9 heteroatoms. The third kappa shape index (κ3) is 7.21. The van der Waals surface area contributed by atoms with Gasteiger partial charge >= 0.3 is 0 Å². The van der Waals surface area contributed by atoms with Gasteiger partial charge in [0.1, 0.15) is 0 Å². The van der Waals surface area contributed by atoms with Crippen LogP contribution in [-0.4, -0.2) is 38.0 Å². The molecule has 2 aromatic carbocycles. The Morgan fingerprint density at radius 2 is 1.93 bits per heavy atom. The maximum Gasteiger partial charge on any atom is 0.239 e. The Kier molecular flexibility index (Phi) is 10.0. The lowest BCUT2D eigenvalue weighted by Gasteiger charge is -2.28. The highest BCUT2D eigenvalue weighted by molar-refractivity contribution is 14.0. The molecule has 0 spiro atoms. The van der Waals surface area contributed by atoms with Crippen LogP contribution in [0, 0.1) is 0 Å². The second-order valence-corrected chi connectivity index (χ2v) is 7.57. The zero-order valence-corrected chi connectivity index (χ0v) is 20.6. The molecular formula is C21H26Cl2IN5O. The van der Waals surface area contributed by atoms with Crippen LogP contribution >= 0.6 is 47.2 Å². The molecule has 30 heavy (non-hydrogen) atoms. The summed E-state index contributed by atoms with van der Waals surface area (Å²) < 4.78 is 0. The van der Waals surface area contributed by atoms with E-state index < -0.39 is 0 Å². The quantitative estimate of drug-likeness (QED) is 0.285. The van der Waals surface area contributed by atoms with E-state index in [0.29, 0.717) is 36.2 Å². The number of hydrogen-bond donors (Lipinski definition) is 3. The van der Waals surface area contributed by atoms with Crippen molar-refractivity contribution in [2.45, 2.75) is 20.0 Å². The smallest absolute Gasteiger partial charge is 0.239 e. The topological polar surface area (TPSA) is 68.8 Å². The van der Waals surface area contributed by atoms with Gasteiger partial charge < -0.3 is 20.9 Å². The molecule has 1 amide bonds.